The number of thioether (sulfide) groups is 1. The third kappa shape index (κ3) is 6.46. The van der Waals surface area contributed by atoms with Gasteiger partial charge in [0.2, 0.25) is 11.9 Å². The molecule has 0 fully saturated rings. The van der Waals surface area contributed by atoms with Gasteiger partial charge in [0.25, 0.3) is 10.0 Å². The Morgan fingerprint density at radius 3 is 1.94 bits per heavy atom. The van der Waals surface area contributed by atoms with Crippen molar-refractivity contribution < 1.29 is 13.2 Å². The van der Waals surface area contributed by atoms with E-state index in [-0.39, 0.29) is 22.5 Å². The van der Waals surface area contributed by atoms with E-state index in [1.807, 2.05) is 19.9 Å². The lowest BCUT2D eigenvalue weighted by Crippen LogP contribution is -2.16. The lowest BCUT2D eigenvalue weighted by molar-refractivity contribution is -0.113. The Kier molecular flexibility index (Phi) is 6.86. The predicted octanol–water partition coefficient (Wildman–Crippen LogP) is 3.03. The number of anilines is 2. The molecule has 0 aliphatic carbocycles. The number of amides is 1. The highest BCUT2D eigenvalue weighted by atomic mass is 32.2. The minimum atomic E-state index is -3.85. The summed E-state index contributed by atoms with van der Waals surface area (Å²) >= 11 is 1.23. The molecule has 3 rings (SSSR count). The Balaban J connectivity index is 1.61. The van der Waals surface area contributed by atoms with E-state index in [0.717, 1.165) is 11.4 Å². The summed E-state index contributed by atoms with van der Waals surface area (Å²) in [4.78, 5) is 29.0. The van der Waals surface area contributed by atoms with Gasteiger partial charge in [0.15, 0.2) is 5.16 Å². The van der Waals surface area contributed by atoms with E-state index in [2.05, 4.69) is 30.0 Å². The quantitative estimate of drug-likeness (QED) is 0.409. The molecule has 1 amide bonds. The van der Waals surface area contributed by atoms with Gasteiger partial charge in [0.05, 0.1) is 10.6 Å². The second-order valence-corrected chi connectivity index (χ2v) is 9.50. The number of nitrogens with one attached hydrogen (secondary N) is 2. The molecule has 31 heavy (non-hydrogen) atoms. The summed E-state index contributed by atoms with van der Waals surface area (Å²) in [6, 6.07) is 9.46. The van der Waals surface area contributed by atoms with Crippen LogP contribution < -0.4 is 10.0 Å². The molecule has 0 unspecified atom stereocenters. The predicted molar refractivity (Wildman–Crippen MR) is 120 cm³/mol. The Hall–Kier alpha value is -3.05. The lowest BCUT2D eigenvalue weighted by atomic mass is 10.3. The van der Waals surface area contributed by atoms with Crippen LogP contribution in [0.2, 0.25) is 0 Å². The molecule has 0 spiro atoms. The number of aromatic nitrogens is 4. The summed E-state index contributed by atoms with van der Waals surface area (Å²) in [6.07, 6.45) is 0. The van der Waals surface area contributed by atoms with Gasteiger partial charge in [-0.1, -0.05) is 11.8 Å². The van der Waals surface area contributed by atoms with Crippen molar-refractivity contribution in [2.45, 2.75) is 37.7 Å². The van der Waals surface area contributed by atoms with Crippen LogP contribution >= 0.6 is 11.8 Å². The zero-order valence-corrected chi connectivity index (χ0v) is 19.1. The van der Waals surface area contributed by atoms with E-state index >= 15 is 0 Å². The van der Waals surface area contributed by atoms with E-state index in [1.54, 1.807) is 19.9 Å². The first-order valence-corrected chi connectivity index (χ1v) is 11.8. The molecule has 0 bridgehead atoms. The number of nitrogens with zero attached hydrogens (tertiary/aromatic N) is 4. The van der Waals surface area contributed by atoms with Gasteiger partial charge in [-0.25, -0.2) is 33.1 Å². The Labute approximate surface area is 185 Å². The molecule has 2 aromatic heterocycles. The van der Waals surface area contributed by atoms with Crippen molar-refractivity contribution in [3.8, 4) is 0 Å². The maximum absolute atomic E-state index is 12.6. The molecule has 0 saturated carbocycles. The van der Waals surface area contributed by atoms with Crippen molar-refractivity contribution in [3.05, 3.63) is 59.2 Å². The zero-order valence-electron chi connectivity index (χ0n) is 17.5. The molecule has 1 aromatic carbocycles. The average molecular weight is 459 g/mol. The molecule has 162 valence electrons. The molecule has 0 saturated heterocycles. The molecule has 0 atom stereocenters. The largest absolute Gasteiger partial charge is 0.325 e. The Bertz CT molecular complexity index is 1170. The standard InChI is InChI=1S/C20H22N6O3S2/c1-12-9-13(2)22-19(21-12)26-31(28,29)17-7-5-16(6-8-17)25-18(27)11-30-20-23-14(3)10-15(4)24-20/h5-10H,11H2,1-4H3,(H,25,27)(H,21,22,26). The van der Waals surface area contributed by atoms with E-state index in [4.69, 9.17) is 0 Å². The number of sulfonamides is 1. The third-order valence-electron chi connectivity index (χ3n) is 3.95. The van der Waals surface area contributed by atoms with E-state index < -0.39 is 10.0 Å². The Morgan fingerprint density at radius 1 is 0.871 bits per heavy atom. The highest BCUT2D eigenvalue weighted by molar-refractivity contribution is 7.99. The number of carbonyl (C=O) groups excluding carboxylic acids is 1. The van der Waals surface area contributed by atoms with Crippen LogP contribution in [0.25, 0.3) is 0 Å². The van der Waals surface area contributed by atoms with Crippen LogP contribution in [0.3, 0.4) is 0 Å². The summed E-state index contributed by atoms with van der Waals surface area (Å²) in [6.45, 7) is 7.26. The summed E-state index contributed by atoms with van der Waals surface area (Å²) in [5.74, 6) is -0.0974. The van der Waals surface area contributed by atoms with Crippen LogP contribution in [-0.4, -0.2) is 40.0 Å². The smallest absolute Gasteiger partial charge is 0.264 e. The fourth-order valence-corrected chi connectivity index (χ4v) is 4.45. The zero-order chi connectivity index (χ0) is 22.6. The normalized spacial score (nSPS) is 11.2. The summed E-state index contributed by atoms with van der Waals surface area (Å²) < 4.78 is 27.5. The molecule has 0 radical (unpaired) electrons. The van der Waals surface area contributed by atoms with Crippen LogP contribution in [0.15, 0.2) is 46.5 Å². The monoisotopic (exact) mass is 458 g/mol. The van der Waals surface area contributed by atoms with Gasteiger partial charge in [-0.05, 0) is 64.1 Å². The second kappa shape index (κ2) is 9.40. The average Bonchev–Trinajstić information content (AvgIpc) is 2.65. The summed E-state index contributed by atoms with van der Waals surface area (Å²) in [5, 5.41) is 3.27. The highest BCUT2D eigenvalue weighted by Gasteiger charge is 2.16. The molecule has 3 aromatic rings. The van der Waals surface area contributed by atoms with Crippen molar-refractivity contribution in [2.24, 2.45) is 0 Å². The molecular weight excluding hydrogens is 436 g/mol. The first kappa shape index (κ1) is 22.6. The van der Waals surface area contributed by atoms with Gasteiger partial charge in [-0.3, -0.25) is 4.79 Å². The van der Waals surface area contributed by atoms with Gasteiger partial charge < -0.3 is 5.32 Å². The van der Waals surface area contributed by atoms with Crippen molar-refractivity contribution in [3.63, 3.8) is 0 Å². The second-order valence-electron chi connectivity index (χ2n) is 6.87. The lowest BCUT2D eigenvalue weighted by Gasteiger charge is -2.09. The first-order valence-electron chi connectivity index (χ1n) is 9.31. The molecule has 11 heteroatoms. The maximum atomic E-state index is 12.6. The first-order chi connectivity index (χ1) is 14.6. The molecule has 2 N–H and O–H groups in total. The van der Waals surface area contributed by atoms with Gasteiger partial charge in [-0.2, -0.15) is 0 Å². The van der Waals surface area contributed by atoms with Gasteiger partial charge >= 0.3 is 0 Å². The highest BCUT2D eigenvalue weighted by Crippen LogP contribution is 2.18. The number of benzene rings is 1. The number of aryl methyl sites for hydroxylation is 4. The fraction of sp³-hybridized carbons (Fsp3) is 0.250. The number of hydrogen-bond donors (Lipinski definition) is 2. The molecule has 9 nitrogen and oxygen atoms in total. The fourth-order valence-electron chi connectivity index (χ4n) is 2.75. The molecule has 0 aliphatic rings. The molecule has 2 heterocycles. The van der Waals surface area contributed by atoms with E-state index in [0.29, 0.717) is 22.2 Å². The molecule has 0 aliphatic heterocycles. The van der Waals surface area contributed by atoms with Crippen molar-refractivity contribution in [1.82, 2.24) is 19.9 Å². The van der Waals surface area contributed by atoms with Crippen LogP contribution in [0.5, 0.6) is 0 Å². The van der Waals surface area contributed by atoms with Gasteiger partial charge in [0, 0.05) is 28.5 Å². The minimum absolute atomic E-state index is 0.0144. The van der Waals surface area contributed by atoms with Crippen LogP contribution in [0, 0.1) is 27.7 Å². The summed E-state index contributed by atoms with van der Waals surface area (Å²) in [5.41, 5.74) is 3.48. The minimum Gasteiger partial charge on any atom is -0.325 e. The Morgan fingerprint density at radius 2 is 1.39 bits per heavy atom. The van der Waals surface area contributed by atoms with Crippen molar-refractivity contribution in [1.29, 1.82) is 0 Å². The van der Waals surface area contributed by atoms with Gasteiger partial charge in [-0.15, -0.1) is 0 Å². The topological polar surface area (TPSA) is 127 Å². The molecular formula is C20H22N6O3S2. The van der Waals surface area contributed by atoms with Gasteiger partial charge in [0.1, 0.15) is 0 Å². The van der Waals surface area contributed by atoms with Crippen LogP contribution in [0.4, 0.5) is 11.6 Å². The maximum Gasteiger partial charge on any atom is 0.264 e. The number of rotatable bonds is 7. The van der Waals surface area contributed by atoms with E-state index in [1.165, 1.54) is 36.0 Å². The van der Waals surface area contributed by atoms with Crippen LogP contribution in [-0.2, 0) is 14.8 Å². The SMILES string of the molecule is Cc1cc(C)nc(NS(=O)(=O)c2ccc(NC(=O)CSc3nc(C)cc(C)n3)cc2)n1. The van der Waals surface area contributed by atoms with Crippen LogP contribution in [0.1, 0.15) is 22.8 Å². The number of carbonyl (C=O) groups is 1. The van der Waals surface area contributed by atoms with Crippen molar-refractivity contribution in [2.75, 3.05) is 15.8 Å². The van der Waals surface area contributed by atoms with E-state index in [9.17, 15) is 13.2 Å². The summed E-state index contributed by atoms with van der Waals surface area (Å²) in [7, 11) is -3.85. The number of hydrogen-bond acceptors (Lipinski definition) is 8. The third-order valence-corrected chi connectivity index (χ3v) is 6.14. The van der Waals surface area contributed by atoms with Crippen molar-refractivity contribution >= 4 is 39.3 Å².